The van der Waals surface area contributed by atoms with Gasteiger partial charge in [0.15, 0.2) is 0 Å². The molecule has 7 heteroatoms. The maximum Gasteiger partial charge on any atom is 0.258 e. The van der Waals surface area contributed by atoms with Crippen LogP contribution in [0.25, 0.3) is 23.0 Å². The smallest absolute Gasteiger partial charge is 0.258 e. The number of anilines is 1. The summed E-state index contributed by atoms with van der Waals surface area (Å²) >= 11 is 7.40. The van der Waals surface area contributed by atoms with Crippen molar-refractivity contribution in [3.8, 4) is 23.0 Å². The van der Waals surface area contributed by atoms with Crippen molar-refractivity contribution in [1.29, 1.82) is 0 Å². The third-order valence-corrected chi connectivity index (χ3v) is 3.06. The summed E-state index contributed by atoms with van der Waals surface area (Å²) < 4.78 is 5.17. The zero-order valence-corrected chi connectivity index (χ0v) is 10.6. The molecule has 2 N–H and O–H groups in total. The molecule has 0 aliphatic rings. The number of thiazole rings is 1. The molecule has 3 rings (SSSR count). The molecular weight excluding hydrogens is 272 g/mol. The van der Waals surface area contributed by atoms with Crippen LogP contribution in [-0.2, 0) is 0 Å². The number of aromatic nitrogens is 3. The van der Waals surface area contributed by atoms with Crippen LogP contribution >= 0.6 is 22.9 Å². The van der Waals surface area contributed by atoms with E-state index in [2.05, 4.69) is 15.1 Å². The number of rotatable bonds is 2. The Bertz CT molecular complexity index is 660. The highest BCUT2D eigenvalue weighted by molar-refractivity contribution is 7.07. The standard InChI is InChI=1S/C11H7ClN4OS/c12-7-1-6(2-8(13)3-7)11-15-10(16-17-11)9-4-18-5-14-9/h1-5H,13H2. The summed E-state index contributed by atoms with van der Waals surface area (Å²) in [4.78, 5) is 8.37. The van der Waals surface area contributed by atoms with Crippen molar-refractivity contribution < 1.29 is 4.52 Å². The second-order valence-electron chi connectivity index (χ2n) is 3.57. The first kappa shape index (κ1) is 11.2. The van der Waals surface area contributed by atoms with Gasteiger partial charge in [0.2, 0.25) is 5.82 Å². The lowest BCUT2D eigenvalue weighted by molar-refractivity contribution is 0.432. The molecule has 90 valence electrons. The summed E-state index contributed by atoms with van der Waals surface area (Å²) in [5.41, 5.74) is 9.35. The Labute approximate surface area is 111 Å². The number of halogens is 1. The number of nitrogen functional groups attached to an aromatic ring is 1. The molecule has 0 amide bonds. The van der Waals surface area contributed by atoms with E-state index in [1.807, 2.05) is 5.38 Å². The van der Waals surface area contributed by atoms with Gasteiger partial charge in [0.05, 0.1) is 5.51 Å². The molecular formula is C11H7ClN4OS. The Morgan fingerprint density at radius 3 is 2.89 bits per heavy atom. The van der Waals surface area contributed by atoms with E-state index in [-0.39, 0.29) is 0 Å². The average molecular weight is 279 g/mol. The Hall–Kier alpha value is -1.92. The Morgan fingerprint density at radius 1 is 1.28 bits per heavy atom. The first-order valence-electron chi connectivity index (χ1n) is 5.01. The first-order valence-corrected chi connectivity index (χ1v) is 6.33. The normalized spacial score (nSPS) is 10.7. The molecule has 0 unspecified atom stereocenters. The van der Waals surface area contributed by atoms with E-state index in [4.69, 9.17) is 21.9 Å². The molecule has 0 bridgehead atoms. The van der Waals surface area contributed by atoms with Crippen molar-refractivity contribution in [2.45, 2.75) is 0 Å². The molecule has 0 saturated carbocycles. The van der Waals surface area contributed by atoms with Gasteiger partial charge in [0.25, 0.3) is 5.89 Å². The zero-order chi connectivity index (χ0) is 12.5. The van der Waals surface area contributed by atoms with Gasteiger partial charge in [-0.05, 0) is 18.2 Å². The van der Waals surface area contributed by atoms with Crippen molar-refractivity contribution in [3.63, 3.8) is 0 Å². The highest BCUT2D eigenvalue weighted by Crippen LogP contribution is 2.26. The van der Waals surface area contributed by atoms with Crippen molar-refractivity contribution in [1.82, 2.24) is 15.1 Å². The van der Waals surface area contributed by atoms with Crippen LogP contribution in [-0.4, -0.2) is 15.1 Å². The SMILES string of the molecule is Nc1cc(Cl)cc(-c2nc(-c3cscn3)no2)c1. The fraction of sp³-hybridized carbons (Fsp3) is 0. The lowest BCUT2D eigenvalue weighted by Gasteiger charge is -1.98. The number of nitrogens with zero attached hydrogens (tertiary/aromatic N) is 3. The van der Waals surface area contributed by atoms with Crippen LogP contribution in [0.2, 0.25) is 5.02 Å². The van der Waals surface area contributed by atoms with Gasteiger partial charge < -0.3 is 10.3 Å². The molecule has 5 nitrogen and oxygen atoms in total. The van der Waals surface area contributed by atoms with E-state index in [0.29, 0.717) is 33.7 Å². The highest BCUT2D eigenvalue weighted by Gasteiger charge is 2.12. The summed E-state index contributed by atoms with van der Waals surface area (Å²) in [6, 6.07) is 5.10. The minimum absolute atomic E-state index is 0.368. The topological polar surface area (TPSA) is 77.8 Å². The molecule has 1 aromatic carbocycles. The number of benzene rings is 1. The van der Waals surface area contributed by atoms with Gasteiger partial charge in [-0.25, -0.2) is 4.98 Å². The molecule has 0 atom stereocenters. The fourth-order valence-corrected chi connectivity index (χ4v) is 2.28. The van der Waals surface area contributed by atoms with Crippen molar-refractivity contribution in [2.24, 2.45) is 0 Å². The summed E-state index contributed by atoms with van der Waals surface area (Å²) in [6.45, 7) is 0. The van der Waals surface area contributed by atoms with E-state index < -0.39 is 0 Å². The summed E-state index contributed by atoms with van der Waals surface area (Å²) in [6.07, 6.45) is 0. The van der Waals surface area contributed by atoms with Crippen LogP contribution in [0.1, 0.15) is 0 Å². The van der Waals surface area contributed by atoms with E-state index in [1.165, 1.54) is 11.3 Å². The van der Waals surface area contributed by atoms with Gasteiger partial charge in [-0.15, -0.1) is 11.3 Å². The monoisotopic (exact) mass is 278 g/mol. The van der Waals surface area contributed by atoms with E-state index in [9.17, 15) is 0 Å². The molecule has 18 heavy (non-hydrogen) atoms. The van der Waals surface area contributed by atoms with E-state index in [0.717, 1.165) is 0 Å². The van der Waals surface area contributed by atoms with Crippen molar-refractivity contribution >= 4 is 28.6 Å². The second-order valence-corrected chi connectivity index (χ2v) is 4.73. The Kier molecular flexibility index (Phi) is 2.73. The van der Waals surface area contributed by atoms with Gasteiger partial charge in [0.1, 0.15) is 5.69 Å². The van der Waals surface area contributed by atoms with Crippen LogP contribution in [0.3, 0.4) is 0 Å². The Balaban J connectivity index is 2.03. The zero-order valence-electron chi connectivity index (χ0n) is 9.00. The van der Waals surface area contributed by atoms with Crippen LogP contribution in [0, 0.1) is 0 Å². The Morgan fingerprint density at radius 2 is 2.17 bits per heavy atom. The second kappa shape index (κ2) is 4.40. The number of hydrogen-bond donors (Lipinski definition) is 1. The number of nitrogens with two attached hydrogens (primary N) is 1. The summed E-state index contributed by atoms with van der Waals surface area (Å²) in [5, 5.41) is 6.24. The maximum atomic E-state index is 5.93. The third-order valence-electron chi connectivity index (χ3n) is 2.25. The van der Waals surface area contributed by atoms with Crippen LogP contribution < -0.4 is 5.73 Å². The summed E-state index contributed by atoms with van der Waals surface area (Å²) in [5.74, 6) is 0.817. The fourth-order valence-electron chi connectivity index (χ4n) is 1.50. The lowest BCUT2D eigenvalue weighted by Crippen LogP contribution is -1.86. The lowest BCUT2D eigenvalue weighted by atomic mass is 10.2. The van der Waals surface area contributed by atoms with Gasteiger partial charge in [-0.3, -0.25) is 0 Å². The molecule has 2 aromatic heterocycles. The summed E-state index contributed by atoms with van der Waals surface area (Å²) in [7, 11) is 0. The van der Waals surface area contributed by atoms with E-state index in [1.54, 1.807) is 23.7 Å². The largest absolute Gasteiger partial charge is 0.399 e. The molecule has 0 saturated heterocycles. The molecule has 2 heterocycles. The van der Waals surface area contributed by atoms with Crippen LogP contribution in [0.15, 0.2) is 33.6 Å². The van der Waals surface area contributed by atoms with Crippen LogP contribution in [0.4, 0.5) is 5.69 Å². The molecule has 0 spiro atoms. The maximum absolute atomic E-state index is 5.93. The molecule has 0 radical (unpaired) electrons. The van der Waals surface area contributed by atoms with E-state index >= 15 is 0 Å². The minimum Gasteiger partial charge on any atom is -0.399 e. The predicted molar refractivity (Wildman–Crippen MR) is 70.3 cm³/mol. The molecule has 0 fully saturated rings. The average Bonchev–Trinajstić information content (AvgIpc) is 2.99. The molecule has 0 aliphatic heterocycles. The minimum atomic E-state index is 0.368. The quantitative estimate of drug-likeness (QED) is 0.729. The van der Waals surface area contributed by atoms with Gasteiger partial charge >= 0.3 is 0 Å². The third kappa shape index (κ3) is 2.07. The highest BCUT2D eigenvalue weighted by atomic mass is 35.5. The van der Waals surface area contributed by atoms with Gasteiger partial charge in [-0.2, -0.15) is 4.98 Å². The van der Waals surface area contributed by atoms with Crippen molar-refractivity contribution in [3.05, 3.63) is 34.1 Å². The van der Waals surface area contributed by atoms with Crippen molar-refractivity contribution in [2.75, 3.05) is 5.73 Å². The van der Waals surface area contributed by atoms with Gasteiger partial charge in [-0.1, -0.05) is 16.8 Å². The predicted octanol–water partition coefficient (Wildman–Crippen LogP) is 3.10. The first-order chi connectivity index (χ1) is 8.72. The molecule has 3 aromatic rings. The van der Waals surface area contributed by atoms with Crippen LogP contribution in [0.5, 0.6) is 0 Å². The number of hydrogen-bond acceptors (Lipinski definition) is 6. The van der Waals surface area contributed by atoms with Gasteiger partial charge in [0, 0.05) is 21.7 Å². The molecule has 0 aliphatic carbocycles.